The number of nitrogens with one attached hydrogen (secondary N) is 2. The topological polar surface area (TPSA) is 104 Å². The SMILES string of the molecule is O=c1cnc2c(NCCO)nc(SCc3cccc(C(F)(F)F)c3F)nc2[nH]1. The normalized spacial score (nSPS) is 11.8. The zero-order chi connectivity index (χ0) is 20.3. The standard InChI is InChI=1S/C16H13F4N5O2S/c17-11-8(2-1-3-9(11)16(18,19)20)7-28-15-24-13(21-4-5-26)12-14(25-15)23-10(27)6-22-12/h1-3,6,26H,4-5,7H2,(H2,21,23,24,25,27). The van der Waals surface area contributed by atoms with Gasteiger partial charge in [-0.25, -0.2) is 19.3 Å². The quantitative estimate of drug-likeness (QED) is 0.323. The van der Waals surface area contributed by atoms with Gasteiger partial charge >= 0.3 is 6.18 Å². The van der Waals surface area contributed by atoms with Gasteiger partial charge in [0.05, 0.1) is 18.4 Å². The average molecular weight is 415 g/mol. The molecule has 0 radical (unpaired) electrons. The van der Waals surface area contributed by atoms with Crippen LogP contribution in [0.25, 0.3) is 11.2 Å². The first-order chi connectivity index (χ1) is 13.3. The number of aromatic amines is 1. The van der Waals surface area contributed by atoms with Gasteiger partial charge in [-0.15, -0.1) is 0 Å². The lowest BCUT2D eigenvalue weighted by Crippen LogP contribution is -2.12. The van der Waals surface area contributed by atoms with Crippen LogP contribution in [0.1, 0.15) is 11.1 Å². The zero-order valence-corrected chi connectivity index (χ0v) is 14.9. The van der Waals surface area contributed by atoms with Crippen LogP contribution in [0.5, 0.6) is 0 Å². The second-order valence-corrected chi connectivity index (χ2v) is 6.46. The van der Waals surface area contributed by atoms with Crippen molar-refractivity contribution in [3.8, 4) is 0 Å². The molecule has 3 N–H and O–H groups in total. The summed E-state index contributed by atoms with van der Waals surface area (Å²) in [6.45, 7) is -0.0357. The Labute approximate surface area is 159 Å². The van der Waals surface area contributed by atoms with Crippen molar-refractivity contribution in [2.75, 3.05) is 18.5 Å². The molecule has 148 valence electrons. The predicted octanol–water partition coefficient (Wildman–Crippen LogP) is 2.57. The van der Waals surface area contributed by atoms with Crippen LogP contribution >= 0.6 is 11.8 Å². The molecule has 3 aromatic rings. The Balaban J connectivity index is 1.92. The fourth-order valence-electron chi connectivity index (χ4n) is 2.33. The molecule has 0 aliphatic rings. The van der Waals surface area contributed by atoms with Gasteiger partial charge in [0, 0.05) is 12.3 Å². The summed E-state index contributed by atoms with van der Waals surface area (Å²) < 4.78 is 52.7. The summed E-state index contributed by atoms with van der Waals surface area (Å²) in [5.74, 6) is -1.29. The van der Waals surface area contributed by atoms with Gasteiger partial charge in [-0.2, -0.15) is 13.2 Å². The highest BCUT2D eigenvalue weighted by molar-refractivity contribution is 7.98. The van der Waals surface area contributed by atoms with Gasteiger partial charge in [0.25, 0.3) is 5.56 Å². The monoisotopic (exact) mass is 415 g/mol. The van der Waals surface area contributed by atoms with Gasteiger partial charge in [-0.1, -0.05) is 23.9 Å². The molecule has 0 aliphatic heterocycles. The van der Waals surface area contributed by atoms with Crippen LogP contribution in [0, 0.1) is 5.82 Å². The Morgan fingerprint density at radius 3 is 2.75 bits per heavy atom. The number of H-pyrrole nitrogens is 1. The fourth-order valence-corrected chi connectivity index (χ4v) is 3.15. The van der Waals surface area contributed by atoms with Crippen molar-refractivity contribution in [3.05, 3.63) is 51.7 Å². The third kappa shape index (κ3) is 4.39. The zero-order valence-electron chi connectivity index (χ0n) is 14.0. The first kappa shape index (κ1) is 20.0. The molecule has 28 heavy (non-hydrogen) atoms. The van der Waals surface area contributed by atoms with Crippen molar-refractivity contribution in [2.24, 2.45) is 0 Å². The highest BCUT2D eigenvalue weighted by Crippen LogP contribution is 2.34. The number of aliphatic hydroxyl groups excluding tert-OH is 1. The number of aliphatic hydroxyl groups is 1. The van der Waals surface area contributed by atoms with Crippen LogP contribution in [0.2, 0.25) is 0 Å². The lowest BCUT2D eigenvalue weighted by atomic mass is 10.1. The molecule has 2 heterocycles. The number of halogens is 4. The summed E-state index contributed by atoms with van der Waals surface area (Å²) in [6, 6.07) is 3.04. The molecule has 0 unspecified atom stereocenters. The first-order valence-electron chi connectivity index (χ1n) is 7.89. The second-order valence-electron chi connectivity index (χ2n) is 5.51. The van der Waals surface area contributed by atoms with E-state index in [0.717, 1.165) is 24.0 Å². The van der Waals surface area contributed by atoms with E-state index < -0.39 is 23.1 Å². The molecule has 0 saturated heterocycles. The first-order valence-corrected chi connectivity index (χ1v) is 8.87. The number of hydrogen-bond acceptors (Lipinski definition) is 7. The number of benzene rings is 1. The van der Waals surface area contributed by atoms with Gasteiger partial charge < -0.3 is 15.4 Å². The maximum atomic E-state index is 14.2. The van der Waals surface area contributed by atoms with Gasteiger partial charge in [0.1, 0.15) is 11.3 Å². The van der Waals surface area contributed by atoms with E-state index in [0.29, 0.717) is 6.07 Å². The molecule has 0 atom stereocenters. The molecule has 3 rings (SSSR count). The molecule has 12 heteroatoms. The van der Waals surface area contributed by atoms with E-state index in [4.69, 9.17) is 5.11 Å². The minimum Gasteiger partial charge on any atom is -0.395 e. The molecule has 0 aliphatic carbocycles. The van der Waals surface area contributed by atoms with E-state index in [2.05, 4.69) is 25.3 Å². The molecule has 1 aromatic carbocycles. The van der Waals surface area contributed by atoms with Gasteiger partial charge in [-0.05, 0) is 11.6 Å². The summed E-state index contributed by atoms with van der Waals surface area (Å²) in [5, 5.41) is 11.9. The van der Waals surface area contributed by atoms with Crippen molar-refractivity contribution in [1.82, 2.24) is 19.9 Å². The summed E-state index contributed by atoms with van der Waals surface area (Å²) in [6.07, 6.45) is -3.75. The minimum atomic E-state index is -4.79. The summed E-state index contributed by atoms with van der Waals surface area (Å²) in [5.41, 5.74) is -1.64. The van der Waals surface area contributed by atoms with E-state index in [1.54, 1.807) is 0 Å². The highest BCUT2D eigenvalue weighted by Gasteiger charge is 2.34. The molecule has 0 saturated carbocycles. The average Bonchev–Trinajstić information content (AvgIpc) is 2.64. The largest absolute Gasteiger partial charge is 0.419 e. The smallest absolute Gasteiger partial charge is 0.395 e. The number of alkyl halides is 3. The van der Waals surface area contributed by atoms with E-state index in [9.17, 15) is 22.4 Å². The molecule has 2 aromatic heterocycles. The number of thioether (sulfide) groups is 1. The molecule has 0 bridgehead atoms. The van der Waals surface area contributed by atoms with Crippen LogP contribution in [0.15, 0.2) is 34.3 Å². The molecule has 0 amide bonds. The minimum absolute atomic E-state index is 0.0911. The third-order valence-electron chi connectivity index (χ3n) is 3.56. The molecule has 7 nitrogen and oxygen atoms in total. The predicted molar refractivity (Wildman–Crippen MR) is 94.5 cm³/mol. The number of anilines is 1. The second kappa shape index (κ2) is 8.10. The molecule has 0 spiro atoms. The molecule has 0 fully saturated rings. The van der Waals surface area contributed by atoms with Crippen LogP contribution < -0.4 is 10.9 Å². The summed E-state index contributed by atoms with van der Waals surface area (Å²) >= 11 is 0.893. The van der Waals surface area contributed by atoms with Gasteiger partial charge in [0.2, 0.25) is 0 Å². The van der Waals surface area contributed by atoms with Crippen molar-refractivity contribution in [2.45, 2.75) is 17.1 Å². The molecular weight excluding hydrogens is 402 g/mol. The summed E-state index contributed by atoms with van der Waals surface area (Å²) in [4.78, 5) is 26.2. The maximum Gasteiger partial charge on any atom is 0.419 e. The van der Waals surface area contributed by atoms with Crippen molar-refractivity contribution >= 4 is 28.7 Å². The Hall–Kier alpha value is -2.73. The highest BCUT2D eigenvalue weighted by atomic mass is 32.2. The lowest BCUT2D eigenvalue weighted by Gasteiger charge is -2.11. The number of rotatable bonds is 6. The third-order valence-corrected chi connectivity index (χ3v) is 4.46. The van der Waals surface area contributed by atoms with Crippen LogP contribution in [-0.2, 0) is 11.9 Å². The summed E-state index contributed by atoms with van der Waals surface area (Å²) in [7, 11) is 0. The Morgan fingerprint density at radius 2 is 2.04 bits per heavy atom. The lowest BCUT2D eigenvalue weighted by molar-refractivity contribution is -0.140. The van der Waals surface area contributed by atoms with Crippen LogP contribution in [-0.4, -0.2) is 38.2 Å². The Bertz CT molecular complexity index is 1060. The number of hydrogen-bond donors (Lipinski definition) is 3. The Morgan fingerprint density at radius 1 is 1.25 bits per heavy atom. The van der Waals surface area contributed by atoms with Gasteiger partial charge in [-0.3, -0.25) is 4.79 Å². The van der Waals surface area contributed by atoms with Gasteiger partial charge in [0.15, 0.2) is 16.6 Å². The van der Waals surface area contributed by atoms with Crippen molar-refractivity contribution < 1.29 is 22.7 Å². The maximum absolute atomic E-state index is 14.2. The van der Waals surface area contributed by atoms with E-state index in [1.807, 2.05) is 0 Å². The van der Waals surface area contributed by atoms with E-state index in [-0.39, 0.29) is 46.6 Å². The van der Waals surface area contributed by atoms with E-state index >= 15 is 0 Å². The molecular formula is C16H13F4N5O2S. The Kier molecular flexibility index (Phi) is 5.79. The van der Waals surface area contributed by atoms with Crippen LogP contribution in [0.4, 0.5) is 23.4 Å². The van der Waals surface area contributed by atoms with Crippen molar-refractivity contribution in [1.29, 1.82) is 0 Å². The fraction of sp³-hybridized carbons (Fsp3) is 0.250. The number of fused-ring (bicyclic) bond motifs is 1. The number of nitrogens with zero attached hydrogens (tertiary/aromatic N) is 3. The van der Waals surface area contributed by atoms with Crippen LogP contribution in [0.3, 0.4) is 0 Å². The van der Waals surface area contributed by atoms with Crippen molar-refractivity contribution in [3.63, 3.8) is 0 Å². The van der Waals surface area contributed by atoms with E-state index in [1.165, 1.54) is 6.07 Å². The number of aromatic nitrogens is 4.